The molecule has 3 rings (SSSR count). The molecular formula is C21H23ClN-. The van der Waals surface area contributed by atoms with Crippen molar-refractivity contribution >= 4 is 0 Å². The van der Waals surface area contributed by atoms with E-state index in [1.807, 2.05) is 0 Å². The monoisotopic (exact) mass is 324 g/mol. The van der Waals surface area contributed by atoms with Crippen LogP contribution in [0.4, 0.5) is 0 Å². The third-order valence-corrected chi connectivity index (χ3v) is 4.34. The van der Waals surface area contributed by atoms with Gasteiger partial charge in [-0.25, -0.2) is 0 Å². The Morgan fingerprint density at radius 2 is 1.30 bits per heavy atom. The van der Waals surface area contributed by atoms with E-state index >= 15 is 0 Å². The van der Waals surface area contributed by atoms with Crippen LogP contribution in [0, 0.1) is 11.8 Å². The van der Waals surface area contributed by atoms with Crippen molar-refractivity contribution in [2.45, 2.75) is 25.2 Å². The average molecular weight is 325 g/mol. The van der Waals surface area contributed by atoms with Crippen LogP contribution in [-0.2, 0) is 0 Å². The topological polar surface area (TPSA) is 3.24 Å². The van der Waals surface area contributed by atoms with Gasteiger partial charge in [-0.15, -0.1) is 5.92 Å². The van der Waals surface area contributed by atoms with Gasteiger partial charge < -0.3 is 12.4 Å². The van der Waals surface area contributed by atoms with Gasteiger partial charge in [-0.2, -0.15) is 0 Å². The number of rotatable bonds is 4. The van der Waals surface area contributed by atoms with Gasteiger partial charge >= 0.3 is 0 Å². The summed E-state index contributed by atoms with van der Waals surface area (Å²) in [5, 5.41) is 0. The lowest BCUT2D eigenvalue weighted by Gasteiger charge is -2.15. The third-order valence-electron chi connectivity index (χ3n) is 4.34. The van der Waals surface area contributed by atoms with E-state index in [0.717, 1.165) is 13.0 Å². The third kappa shape index (κ3) is 5.13. The maximum absolute atomic E-state index is 3.42. The lowest BCUT2D eigenvalue weighted by molar-refractivity contribution is -0.00000439. The normalized spacial score (nSPS) is 14.1. The molecular weight excluding hydrogens is 302 g/mol. The molecule has 0 radical (unpaired) electrons. The van der Waals surface area contributed by atoms with E-state index in [1.165, 1.54) is 37.1 Å². The molecule has 1 heterocycles. The second-order valence-corrected chi connectivity index (χ2v) is 5.91. The summed E-state index contributed by atoms with van der Waals surface area (Å²) in [5.41, 5.74) is 2.70. The highest BCUT2D eigenvalue weighted by atomic mass is 35.5. The Balaban J connectivity index is 0.00000192. The van der Waals surface area contributed by atoms with Crippen molar-refractivity contribution < 1.29 is 12.4 Å². The lowest BCUT2D eigenvalue weighted by atomic mass is 9.89. The zero-order valence-electron chi connectivity index (χ0n) is 13.4. The molecule has 1 aliphatic heterocycles. The maximum Gasteiger partial charge on any atom is 0.0601 e. The number of hydrogen-bond donors (Lipinski definition) is 0. The Hall–Kier alpha value is -1.75. The molecule has 0 unspecified atom stereocenters. The molecule has 23 heavy (non-hydrogen) atoms. The highest BCUT2D eigenvalue weighted by Crippen LogP contribution is 2.27. The van der Waals surface area contributed by atoms with Crippen molar-refractivity contribution in [1.29, 1.82) is 0 Å². The minimum Gasteiger partial charge on any atom is -1.00 e. The van der Waals surface area contributed by atoms with Gasteiger partial charge in [0.05, 0.1) is 6.54 Å². The Kier molecular flexibility index (Phi) is 7.20. The maximum atomic E-state index is 3.42. The lowest BCUT2D eigenvalue weighted by Crippen LogP contribution is -3.00. The number of hydrogen-bond acceptors (Lipinski definition) is 1. The van der Waals surface area contributed by atoms with Gasteiger partial charge in [0.15, 0.2) is 0 Å². The van der Waals surface area contributed by atoms with Crippen LogP contribution in [-0.4, -0.2) is 24.5 Å². The van der Waals surface area contributed by atoms with Crippen LogP contribution in [0.15, 0.2) is 60.7 Å². The van der Waals surface area contributed by atoms with Crippen molar-refractivity contribution in [3.63, 3.8) is 0 Å². The van der Waals surface area contributed by atoms with Gasteiger partial charge in [0, 0.05) is 12.3 Å². The first-order valence-corrected chi connectivity index (χ1v) is 8.21. The minimum atomic E-state index is 0. The number of likely N-dealkylation sites (tertiary alicyclic amines) is 1. The van der Waals surface area contributed by atoms with Gasteiger partial charge in [-0.3, -0.25) is 4.90 Å². The summed E-state index contributed by atoms with van der Waals surface area (Å²) in [4.78, 5) is 2.45. The Bertz CT molecular complexity index is 582. The fourth-order valence-corrected chi connectivity index (χ4v) is 3.08. The molecule has 2 heteroatoms. The number of halogens is 1. The van der Waals surface area contributed by atoms with Gasteiger partial charge in [0.1, 0.15) is 0 Å². The summed E-state index contributed by atoms with van der Waals surface area (Å²) in [6.07, 6.45) is 3.55. The first-order chi connectivity index (χ1) is 10.9. The Morgan fingerprint density at radius 1 is 0.783 bits per heavy atom. The Morgan fingerprint density at radius 3 is 1.83 bits per heavy atom. The standard InChI is InChI=1S/C21H23N.ClH/c1-3-11-19(12-4-1)21(20-13-5-2-6-14-20)15-7-8-16-22-17-9-10-18-22;/h1-6,11-14,21H,9-10,15-18H2;1H/p-1. The molecule has 0 aliphatic carbocycles. The molecule has 0 bridgehead atoms. The van der Waals surface area contributed by atoms with E-state index in [4.69, 9.17) is 0 Å². The van der Waals surface area contributed by atoms with Crippen LogP contribution < -0.4 is 12.4 Å². The first kappa shape index (κ1) is 17.6. The van der Waals surface area contributed by atoms with E-state index in [-0.39, 0.29) is 12.4 Å². The largest absolute Gasteiger partial charge is 1.00 e. The summed E-state index contributed by atoms with van der Waals surface area (Å²) >= 11 is 0. The molecule has 1 nitrogen and oxygen atoms in total. The molecule has 0 saturated carbocycles. The molecule has 0 spiro atoms. The SMILES string of the molecule is C(#CCN1CCCC1)CC(c1ccccc1)c1ccccc1.[Cl-]. The first-order valence-electron chi connectivity index (χ1n) is 8.21. The van der Waals surface area contributed by atoms with Gasteiger partial charge in [-0.05, 0) is 37.1 Å². The second kappa shape index (κ2) is 9.40. The van der Waals surface area contributed by atoms with Gasteiger partial charge in [-0.1, -0.05) is 66.6 Å². The highest BCUT2D eigenvalue weighted by molar-refractivity contribution is 5.33. The van der Waals surface area contributed by atoms with Gasteiger partial charge in [0.2, 0.25) is 0 Å². The molecule has 0 aromatic heterocycles. The summed E-state index contributed by atoms with van der Waals surface area (Å²) < 4.78 is 0. The molecule has 0 amide bonds. The van der Waals surface area contributed by atoms with Crippen LogP contribution in [0.5, 0.6) is 0 Å². The zero-order chi connectivity index (χ0) is 15.0. The van der Waals surface area contributed by atoms with Crippen molar-refractivity contribution in [2.75, 3.05) is 19.6 Å². The molecule has 1 saturated heterocycles. The predicted molar refractivity (Wildman–Crippen MR) is 92.8 cm³/mol. The summed E-state index contributed by atoms with van der Waals surface area (Å²) in [6.45, 7) is 3.36. The van der Waals surface area contributed by atoms with Gasteiger partial charge in [0.25, 0.3) is 0 Å². The van der Waals surface area contributed by atoms with Crippen LogP contribution >= 0.6 is 0 Å². The van der Waals surface area contributed by atoms with Crippen LogP contribution in [0.3, 0.4) is 0 Å². The smallest absolute Gasteiger partial charge is 0.0601 e. The summed E-state index contributed by atoms with van der Waals surface area (Å²) in [7, 11) is 0. The van der Waals surface area contributed by atoms with Crippen LogP contribution in [0.25, 0.3) is 0 Å². The minimum absolute atomic E-state index is 0. The Labute approximate surface area is 146 Å². The summed E-state index contributed by atoms with van der Waals surface area (Å²) in [6, 6.07) is 21.4. The average Bonchev–Trinajstić information content (AvgIpc) is 3.10. The fourth-order valence-electron chi connectivity index (χ4n) is 3.08. The quantitative estimate of drug-likeness (QED) is 0.767. The van der Waals surface area contributed by atoms with E-state index in [2.05, 4.69) is 77.4 Å². The summed E-state index contributed by atoms with van der Waals surface area (Å²) in [5.74, 6) is 7.16. The van der Waals surface area contributed by atoms with Crippen LogP contribution in [0.2, 0.25) is 0 Å². The van der Waals surface area contributed by atoms with Crippen molar-refractivity contribution in [3.05, 3.63) is 71.8 Å². The molecule has 1 fully saturated rings. The zero-order valence-corrected chi connectivity index (χ0v) is 14.2. The van der Waals surface area contributed by atoms with E-state index in [9.17, 15) is 0 Å². The van der Waals surface area contributed by atoms with Crippen molar-refractivity contribution in [1.82, 2.24) is 4.90 Å². The number of benzene rings is 2. The van der Waals surface area contributed by atoms with Crippen molar-refractivity contribution in [2.24, 2.45) is 0 Å². The second-order valence-electron chi connectivity index (χ2n) is 5.91. The highest BCUT2D eigenvalue weighted by Gasteiger charge is 2.12. The number of nitrogens with zero attached hydrogens (tertiary/aromatic N) is 1. The predicted octanol–water partition coefficient (Wildman–Crippen LogP) is 1.31. The fraction of sp³-hybridized carbons (Fsp3) is 0.333. The van der Waals surface area contributed by atoms with E-state index in [0.29, 0.717) is 5.92 Å². The van der Waals surface area contributed by atoms with Crippen LogP contribution in [0.1, 0.15) is 36.3 Å². The molecule has 2 aromatic rings. The molecule has 120 valence electrons. The molecule has 0 N–H and O–H groups in total. The molecule has 0 atom stereocenters. The van der Waals surface area contributed by atoms with Crippen molar-refractivity contribution in [3.8, 4) is 11.8 Å². The molecule has 1 aliphatic rings. The van der Waals surface area contributed by atoms with E-state index in [1.54, 1.807) is 0 Å². The molecule has 2 aromatic carbocycles. The van der Waals surface area contributed by atoms with E-state index < -0.39 is 0 Å².